The van der Waals surface area contributed by atoms with Crippen molar-refractivity contribution in [2.75, 3.05) is 13.1 Å². The zero-order valence-corrected chi connectivity index (χ0v) is 11.3. The summed E-state index contributed by atoms with van der Waals surface area (Å²) in [6, 6.07) is 15.1. The van der Waals surface area contributed by atoms with Crippen LogP contribution in [0.15, 0.2) is 48.5 Å². The zero-order valence-electron chi connectivity index (χ0n) is 10.5. The van der Waals surface area contributed by atoms with Gasteiger partial charge in [-0.3, -0.25) is 0 Å². The predicted molar refractivity (Wildman–Crippen MR) is 76.1 cm³/mol. The minimum Gasteiger partial charge on any atom is -0.315 e. The molecule has 1 saturated heterocycles. The van der Waals surface area contributed by atoms with Crippen LogP contribution in [0.5, 0.6) is 0 Å². The first kappa shape index (κ1) is 12.6. The van der Waals surface area contributed by atoms with Crippen molar-refractivity contribution in [3.63, 3.8) is 0 Å². The average Bonchev–Trinajstić information content (AvgIpc) is 2.38. The van der Waals surface area contributed by atoms with Crippen molar-refractivity contribution in [3.8, 4) is 0 Å². The lowest BCUT2D eigenvalue weighted by Crippen LogP contribution is -2.58. The molecule has 2 aromatic carbocycles. The van der Waals surface area contributed by atoms with Crippen molar-refractivity contribution in [1.82, 2.24) is 5.32 Å². The van der Waals surface area contributed by atoms with E-state index < -0.39 is 0 Å². The van der Waals surface area contributed by atoms with Gasteiger partial charge in [0.1, 0.15) is 5.82 Å². The van der Waals surface area contributed by atoms with Crippen LogP contribution in [0.4, 0.5) is 4.39 Å². The van der Waals surface area contributed by atoms with E-state index in [4.69, 9.17) is 11.6 Å². The summed E-state index contributed by atoms with van der Waals surface area (Å²) in [6.45, 7) is 1.73. The topological polar surface area (TPSA) is 12.0 Å². The fourth-order valence-electron chi connectivity index (χ4n) is 2.69. The van der Waals surface area contributed by atoms with Gasteiger partial charge in [-0.15, -0.1) is 0 Å². The number of benzene rings is 2. The third-order valence-electron chi connectivity index (χ3n) is 3.89. The summed E-state index contributed by atoms with van der Waals surface area (Å²) in [6.07, 6.45) is 0.634. The Morgan fingerprint density at radius 2 is 1.79 bits per heavy atom. The van der Waals surface area contributed by atoms with Crippen LogP contribution in [-0.2, 0) is 11.8 Å². The average molecular weight is 276 g/mol. The summed E-state index contributed by atoms with van der Waals surface area (Å²) >= 11 is 6.14. The molecule has 0 spiro atoms. The molecular formula is C16H15ClFN. The van der Waals surface area contributed by atoms with Crippen LogP contribution in [0, 0.1) is 5.82 Å². The Hall–Kier alpha value is -1.38. The molecule has 1 aliphatic rings. The van der Waals surface area contributed by atoms with Crippen molar-refractivity contribution >= 4 is 11.6 Å². The number of halogens is 2. The van der Waals surface area contributed by atoms with Crippen molar-refractivity contribution in [1.29, 1.82) is 0 Å². The highest BCUT2D eigenvalue weighted by Gasteiger charge is 2.39. The second-order valence-electron chi connectivity index (χ2n) is 5.13. The maximum Gasteiger partial charge on any atom is 0.127 e. The van der Waals surface area contributed by atoms with Gasteiger partial charge in [-0.25, -0.2) is 4.39 Å². The van der Waals surface area contributed by atoms with Gasteiger partial charge in [-0.2, -0.15) is 0 Å². The SMILES string of the molecule is Fc1cccc(Cl)c1CC1(c2ccccc2)CNC1. The molecule has 1 nitrogen and oxygen atoms in total. The number of hydrogen-bond donors (Lipinski definition) is 1. The molecule has 0 aromatic heterocycles. The Labute approximate surface area is 117 Å². The van der Waals surface area contributed by atoms with E-state index in [2.05, 4.69) is 17.4 Å². The van der Waals surface area contributed by atoms with E-state index in [9.17, 15) is 4.39 Å². The number of hydrogen-bond acceptors (Lipinski definition) is 1. The van der Waals surface area contributed by atoms with Gasteiger partial charge in [0.05, 0.1) is 0 Å². The molecular weight excluding hydrogens is 261 g/mol. The summed E-state index contributed by atoms with van der Waals surface area (Å²) in [5, 5.41) is 3.81. The van der Waals surface area contributed by atoms with E-state index in [1.54, 1.807) is 12.1 Å². The Balaban J connectivity index is 1.97. The molecule has 1 N–H and O–H groups in total. The van der Waals surface area contributed by atoms with Crippen LogP contribution < -0.4 is 5.32 Å². The van der Waals surface area contributed by atoms with Gasteiger partial charge in [0.25, 0.3) is 0 Å². The van der Waals surface area contributed by atoms with Crippen molar-refractivity contribution in [2.24, 2.45) is 0 Å². The van der Waals surface area contributed by atoms with Crippen molar-refractivity contribution in [2.45, 2.75) is 11.8 Å². The minimum absolute atomic E-state index is 0.0346. The van der Waals surface area contributed by atoms with Crippen LogP contribution in [-0.4, -0.2) is 13.1 Å². The van der Waals surface area contributed by atoms with Crippen molar-refractivity contribution in [3.05, 3.63) is 70.5 Å². The first-order valence-corrected chi connectivity index (χ1v) is 6.78. The second kappa shape index (κ2) is 4.95. The first-order chi connectivity index (χ1) is 9.21. The molecule has 3 heteroatoms. The third-order valence-corrected chi connectivity index (χ3v) is 4.24. The van der Waals surface area contributed by atoms with E-state index in [1.165, 1.54) is 11.6 Å². The zero-order chi connectivity index (χ0) is 13.3. The van der Waals surface area contributed by atoms with Crippen LogP contribution in [0.3, 0.4) is 0 Å². The van der Waals surface area contributed by atoms with Crippen LogP contribution in [0.25, 0.3) is 0 Å². The molecule has 0 atom stereocenters. The van der Waals surface area contributed by atoms with E-state index in [-0.39, 0.29) is 11.2 Å². The monoisotopic (exact) mass is 275 g/mol. The smallest absolute Gasteiger partial charge is 0.127 e. The molecule has 0 unspecified atom stereocenters. The van der Waals surface area contributed by atoms with Crippen LogP contribution in [0.1, 0.15) is 11.1 Å². The highest BCUT2D eigenvalue weighted by atomic mass is 35.5. The van der Waals surface area contributed by atoms with Gasteiger partial charge in [0, 0.05) is 29.1 Å². The quantitative estimate of drug-likeness (QED) is 0.903. The molecule has 1 aliphatic heterocycles. The van der Waals surface area contributed by atoms with Gasteiger partial charge in [0.2, 0.25) is 0 Å². The predicted octanol–water partition coefficient (Wildman–Crippen LogP) is 3.56. The number of nitrogens with one attached hydrogen (secondary N) is 1. The van der Waals surface area contributed by atoms with Crippen LogP contribution in [0.2, 0.25) is 5.02 Å². The molecule has 1 fully saturated rings. The Morgan fingerprint density at radius 1 is 1.05 bits per heavy atom. The lowest BCUT2D eigenvalue weighted by molar-refractivity contribution is 0.272. The van der Waals surface area contributed by atoms with Gasteiger partial charge in [-0.1, -0.05) is 48.0 Å². The lowest BCUT2D eigenvalue weighted by atomic mass is 9.71. The van der Waals surface area contributed by atoms with E-state index in [1.807, 2.05) is 18.2 Å². The molecule has 0 amide bonds. The van der Waals surface area contributed by atoms with Gasteiger partial charge in [0.15, 0.2) is 0 Å². The lowest BCUT2D eigenvalue weighted by Gasteiger charge is -2.43. The highest BCUT2D eigenvalue weighted by Crippen LogP contribution is 2.35. The summed E-state index contributed by atoms with van der Waals surface area (Å²) in [5.74, 6) is -0.213. The molecule has 1 heterocycles. The second-order valence-corrected chi connectivity index (χ2v) is 5.53. The third kappa shape index (κ3) is 2.26. The maximum atomic E-state index is 14.0. The number of rotatable bonds is 3. The summed E-state index contributed by atoms with van der Waals surface area (Å²) < 4.78 is 14.0. The fraction of sp³-hybridized carbons (Fsp3) is 0.250. The molecule has 0 radical (unpaired) electrons. The highest BCUT2D eigenvalue weighted by molar-refractivity contribution is 6.31. The summed E-state index contributed by atoms with van der Waals surface area (Å²) in [4.78, 5) is 0. The normalized spacial score (nSPS) is 16.9. The van der Waals surface area contributed by atoms with Gasteiger partial charge in [-0.05, 0) is 24.1 Å². The first-order valence-electron chi connectivity index (χ1n) is 6.40. The molecule has 0 aliphatic carbocycles. The largest absolute Gasteiger partial charge is 0.315 e. The molecule has 3 rings (SSSR count). The summed E-state index contributed by atoms with van der Waals surface area (Å²) in [7, 11) is 0. The Kier molecular flexibility index (Phi) is 3.29. The molecule has 0 saturated carbocycles. The summed E-state index contributed by atoms with van der Waals surface area (Å²) in [5.41, 5.74) is 1.83. The van der Waals surface area contributed by atoms with E-state index in [0.717, 1.165) is 13.1 Å². The molecule has 2 aromatic rings. The maximum absolute atomic E-state index is 14.0. The van der Waals surface area contributed by atoms with Crippen molar-refractivity contribution < 1.29 is 4.39 Å². The molecule has 0 bridgehead atoms. The van der Waals surface area contributed by atoms with Gasteiger partial charge < -0.3 is 5.32 Å². The van der Waals surface area contributed by atoms with Gasteiger partial charge >= 0.3 is 0 Å². The Morgan fingerprint density at radius 3 is 2.37 bits per heavy atom. The van der Waals surface area contributed by atoms with Crippen LogP contribution >= 0.6 is 11.6 Å². The Bertz CT molecular complexity index is 558. The minimum atomic E-state index is -0.213. The molecule has 19 heavy (non-hydrogen) atoms. The fourth-order valence-corrected chi connectivity index (χ4v) is 2.92. The molecule has 98 valence electrons. The van der Waals surface area contributed by atoms with E-state index >= 15 is 0 Å². The standard InChI is InChI=1S/C16H15ClFN/c17-14-7-4-8-15(18)13(14)9-16(10-19-11-16)12-5-2-1-3-6-12/h1-8,19H,9-11H2. The van der Waals surface area contributed by atoms with E-state index in [0.29, 0.717) is 17.0 Å².